The van der Waals surface area contributed by atoms with Gasteiger partial charge in [0, 0.05) is 32.5 Å². The molecular formula is C17H28N2O4. The largest absolute Gasteiger partial charge is 0.469 e. The fraction of sp³-hybridized carbons (Fsp3) is 0.706. The van der Waals surface area contributed by atoms with Crippen LogP contribution in [0.25, 0.3) is 0 Å². The van der Waals surface area contributed by atoms with E-state index in [-0.39, 0.29) is 17.8 Å². The molecule has 1 aliphatic heterocycles. The minimum absolute atomic E-state index is 0.127. The van der Waals surface area contributed by atoms with Gasteiger partial charge in [-0.05, 0) is 31.8 Å². The number of likely N-dealkylation sites (tertiary alicyclic amines) is 1. The average molecular weight is 324 g/mol. The van der Waals surface area contributed by atoms with Crippen LogP contribution in [-0.4, -0.2) is 49.4 Å². The summed E-state index contributed by atoms with van der Waals surface area (Å²) in [5, 5.41) is 2.82. The molecule has 130 valence electrons. The van der Waals surface area contributed by atoms with Crippen LogP contribution in [0.3, 0.4) is 0 Å². The van der Waals surface area contributed by atoms with Crippen molar-refractivity contribution < 1.29 is 19.1 Å². The van der Waals surface area contributed by atoms with Gasteiger partial charge in [-0.15, -0.1) is 0 Å². The van der Waals surface area contributed by atoms with Crippen molar-refractivity contribution in [1.29, 1.82) is 0 Å². The van der Waals surface area contributed by atoms with E-state index in [4.69, 9.17) is 0 Å². The van der Waals surface area contributed by atoms with Crippen LogP contribution in [0.5, 0.6) is 0 Å². The highest BCUT2D eigenvalue weighted by atomic mass is 16.5. The smallest absolute Gasteiger partial charge is 0.305 e. The lowest BCUT2D eigenvalue weighted by atomic mass is 10.2. The SMILES string of the molecule is COC(=O)CC/C=C\C(=O)NCCCCCCN1CCCC1=O. The molecule has 0 atom stereocenters. The van der Waals surface area contributed by atoms with Gasteiger partial charge in [-0.25, -0.2) is 0 Å². The first-order valence-electron chi connectivity index (χ1n) is 8.42. The normalized spacial score (nSPS) is 14.5. The maximum atomic E-state index is 11.5. The van der Waals surface area contributed by atoms with Crippen LogP contribution in [0.15, 0.2) is 12.2 Å². The first-order chi connectivity index (χ1) is 11.1. The summed E-state index contributed by atoms with van der Waals surface area (Å²) in [4.78, 5) is 35.7. The van der Waals surface area contributed by atoms with Gasteiger partial charge in [-0.1, -0.05) is 18.9 Å². The second-order valence-corrected chi connectivity index (χ2v) is 5.71. The van der Waals surface area contributed by atoms with Crippen molar-refractivity contribution in [1.82, 2.24) is 10.2 Å². The molecule has 1 aliphatic rings. The molecule has 6 heteroatoms. The highest BCUT2D eigenvalue weighted by Gasteiger charge is 2.18. The number of allylic oxidation sites excluding steroid dienone is 1. The van der Waals surface area contributed by atoms with Gasteiger partial charge in [0.25, 0.3) is 0 Å². The van der Waals surface area contributed by atoms with Crippen molar-refractivity contribution in [2.75, 3.05) is 26.7 Å². The van der Waals surface area contributed by atoms with Crippen molar-refractivity contribution in [2.24, 2.45) is 0 Å². The molecule has 1 N–H and O–H groups in total. The zero-order valence-corrected chi connectivity index (χ0v) is 14.0. The van der Waals surface area contributed by atoms with Gasteiger partial charge >= 0.3 is 5.97 Å². The molecular weight excluding hydrogens is 296 g/mol. The number of nitrogens with zero attached hydrogens (tertiary/aromatic N) is 1. The van der Waals surface area contributed by atoms with E-state index in [1.54, 1.807) is 6.08 Å². The Morgan fingerprint density at radius 3 is 2.74 bits per heavy atom. The number of esters is 1. The molecule has 1 saturated heterocycles. The third-order valence-corrected chi connectivity index (χ3v) is 3.84. The summed E-state index contributed by atoms with van der Waals surface area (Å²) < 4.78 is 4.51. The fourth-order valence-electron chi connectivity index (χ4n) is 2.49. The van der Waals surface area contributed by atoms with Crippen molar-refractivity contribution in [2.45, 2.75) is 51.4 Å². The fourth-order valence-corrected chi connectivity index (χ4v) is 2.49. The summed E-state index contributed by atoms with van der Waals surface area (Å²) in [5.74, 6) is -0.112. The highest BCUT2D eigenvalue weighted by Crippen LogP contribution is 2.11. The molecule has 1 rings (SSSR count). The van der Waals surface area contributed by atoms with Crippen molar-refractivity contribution in [3.63, 3.8) is 0 Å². The Morgan fingerprint density at radius 1 is 1.26 bits per heavy atom. The number of nitrogens with one attached hydrogen (secondary N) is 1. The molecule has 0 aromatic carbocycles. The minimum Gasteiger partial charge on any atom is -0.469 e. The molecule has 0 aromatic rings. The van der Waals surface area contributed by atoms with E-state index in [0.717, 1.165) is 45.2 Å². The molecule has 0 aliphatic carbocycles. The van der Waals surface area contributed by atoms with E-state index in [1.807, 2.05) is 4.90 Å². The van der Waals surface area contributed by atoms with Gasteiger partial charge in [0.15, 0.2) is 0 Å². The van der Waals surface area contributed by atoms with Crippen LogP contribution in [0.2, 0.25) is 0 Å². The number of amides is 2. The lowest BCUT2D eigenvalue weighted by Crippen LogP contribution is -2.25. The van der Waals surface area contributed by atoms with E-state index in [2.05, 4.69) is 10.1 Å². The number of methoxy groups -OCH3 is 1. The number of rotatable bonds is 11. The van der Waals surface area contributed by atoms with Crippen molar-refractivity contribution >= 4 is 17.8 Å². The maximum absolute atomic E-state index is 11.5. The van der Waals surface area contributed by atoms with Gasteiger partial charge in [-0.2, -0.15) is 0 Å². The third kappa shape index (κ3) is 9.01. The van der Waals surface area contributed by atoms with E-state index in [0.29, 0.717) is 25.8 Å². The van der Waals surface area contributed by atoms with Gasteiger partial charge in [0.2, 0.25) is 11.8 Å². The number of hydrogen-bond acceptors (Lipinski definition) is 4. The topological polar surface area (TPSA) is 75.7 Å². The second-order valence-electron chi connectivity index (χ2n) is 5.71. The zero-order chi connectivity index (χ0) is 16.9. The Balaban J connectivity index is 1.91. The van der Waals surface area contributed by atoms with Crippen LogP contribution in [0, 0.1) is 0 Å². The average Bonchev–Trinajstić information content (AvgIpc) is 2.95. The minimum atomic E-state index is -0.273. The zero-order valence-electron chi connectivity index (χ0n) is 14.0. The molecule has 1 heterocycles. The molecule has 0 saturated carbocycles. The van der Waals surface area contributed by atoms with E-state index in [1.165, 1.54) is 13.2 Å². The van der Waals surface area contributed by atoms with Gasteiger partial charge in [0.05, 0.1) is 7.11 Å². The van der Waals surface area contributed by atoms with Crippen LogP contribution in [-0.2, 0) is 19.1 Å². The van der Waals surface area contributed by atoms with Crippen molar-refractivity contribution in [3.05, 3.63) is 12.2 Å². The number of carbonyl (C=O) groups is 3. The molecule has 6 nitrogen and oxygen atoms in total. The predicted molar refractivity (Wildman–Crippen MR) is 87.7 cm³/mol. The van der Waals surface area contributed by atoms with E-state index in [9.17, 15) is 14.4 Å². The number of carbonyl (C=O) groups excluding carboxylic acids is 3. The summed E-state index contributed by atoms with van der Waals surface area (Å²) in [7, 11) is 1.35. The van der Waals surface area contributed by atoms with Gasteiger partial charge in [-0.3, -0.25) is 14.4 Å². The lowest BCUT2D eigenvalue weighted by molar-refractivity contribution is -0.140. The summed E-state index contributed by atoms with van der Waals surface area (Å²) in [6.45, 7) is 2.44. The Labute approximate surface area is 138 Å². The molecule has 23 heavy (non-hydrogen) atoms. The van der Waals surface area contributed by atoms with E-state index >= 15 is 0 Å². The number of unbranched alkanes of at least 4 members (excludes halogenated alkanes) is 3. The van der Waals surface area contributed by atoms with Crippen LogP contribution in [0.1, 0.15) is 51.4 Å². The second kappa shape index (κ2) is 11.7. The third-order valence-electron chi connectivity index (χ3n) is 3.84. The summed E-state index contributed by atoms with van der Waals surface area (Å²) in [6, 6.07) is 0. The molecule has 1 fully saturated rings. The monoisotopic (exact) mass is 324 g/mol. The standard InChI is InChI=1S/C17H28N2O4/c1-23-17(22)11-5-4-9-15(20)18-12-6-2-3-7-13-19-14-8-10-16(19)21/h4,9H,2-3,5-8,10-14H2,1H3,(H,18,20)/b9-4-. The Morgan fingerprint density at radius 2 is 2.04 bits per heavy atom. The Hall–Kier alpha value is -1.85. The number of hydrogen-bond donors (Lipinski definition) is 1. The molecule has 2 amide bonds. The molecule has 0 radical (unpaired) electrons. The van der Waals surface area contributed by atoms with Crippen LogP contribution < -0.4 is 5.32 Å². The molecule has 0 bridgehead atoms. The van der Waals surface area contributed by atoms with E-state index < -0.39 is 0 Å². The maximum Gasteiger partial charge on any atom is 0.305 e. The summed E-state index contributed by atoms with van der Waals surface area (Å²) >= 11 is 0. The summed E-state index contributed by atoms with van der Waals surface area (Å²) in [5.41, 5.74) is 0. The summed E-state index contributed by atoms with van der Waals surface area (Å²) in [6.07, 6.45) is 9.75. The Kier molecular flexibility index (Phi) is 9.75. The first kappa shape index (κ1) is 19.2. The quantitative estimate of drug-likeness (QED) is 0.357. The predicted octanol–water partition coefficient (Wildman–Crippen LogP) is 1.79. The lowest BCUT2D eigenvalue weighted by Gasteiger charge is -2.14. The molecule has 0 aromatic heterocycles. The first-order valence-corrected chi connectivity index (χ1v) is 8.42. The number of ether oxygens (including phenoxy) is 1. The van der Waals surface area contributed by atoms with Gasteiger partial charge < -0.3 is 15.0 Å². The van der Waals surface area contributed by atoms with Crippen LogP contribution in [0.4, 0.5) is 0 Å². The van der Waals surface area contributed by atoms with Crippen LogP contribution >= 0.6 is 0 Å². The van der Waals surface area contributed by atoms with Gasteiger partial charge in [0.1, 0.15) is 0 Å². The van der Waals surface area contributed by atoms with Crippen molar-refractivity contribution in [3.8, 4) is 0 Å². The highest BCUT2D eigenvalue weighted by molar-refractivity contribution is 5.87. The molecule has 0 unspecified atom stereocenters. The Bertz CT molecular complexity index is 421. The molecule has 0 spiro atoms.